The lowest BCUT2D eigenvalue weighted by Gasteiger charge is -2.27. The molecule has 110 valence electrons. The lowest BCUT2D eigenvalue weighted by molar-refractivity contribution is 0.0303. The number of hydrogen-bond donors (Lipinski definition) is 1. The van der Waals surface area contributed by atoms with Gasteiger partial charge in [0, 0.05) is 13.1 Å². The van der Waals surface area contributed by atoms with E-state index in [9.17, 15) is 13.2 Å². The molecule has 6 nitrogen and oxygen atoms in total. The molecule has 0 aromatic heterocycles. The monoisotopic (exact) mass is 338 g/mol. The van der Waals surface area contributed by atoms with Crippen molar-refractivity contribution in [2.24, 2.45) is 5.14 Å². The molecule has 1 aromatic rings. The van der Waals surface area contributed by atoms with Crippen LogP contribution in [0.1, 0.15) is 10.4 Å². The molecule has 1 heterocycles. The largest absolute Gasteiger partial charge is 0.378 e. The summed E-state index contributed by atoms with van der Waals surface area (Å²) in [6.07, 6.45) is 0. The molecular formula is C11H12Cl2N2O4S. The zero-order valence-electron chi connectivity index (χ0n) is 10.3. The average molecular weight is 339 g/mol. The van der Waals surface area contributed by atoms with Gasteiger partial charge in [-0.05, 0) is 12.1 Å². The Labute approximate surface area is 126 Å². The number of rotatable bonds is 2. The molecule has 1 fully saturated rings. The molecule has 0 radical (unpaired) electrons. The van der Waals surface area contributed by atoms with Gasteiger partial charge in [-0.1, -0.05) is 23.2 Å². The summed E-state index contributed by atoms with van der Waals surface area (Å²) < 4.78 is 27.9. The fourth-order valence-electron chi connectivity index (χ4n) is 1.82. The normalized spacial score (nSPS) is 16.2. The van der Waals surface area contributed by atoms with Crippen LogP contribution < -0.4 is 5.14 Å². The number of benzene rings is 1. The number of carbonyl (C=O) groups excluding carboxylic acids is 1. The highest BCUT2D eigenvalue weighted by atomic mass is 35.5. The number of ether oxygens (including phenoxy) is 1. The minimum atomic E-state index is -3.97. The Kier molecular flexibility index (Phi) is 4.55. The number of primary sulfonamides is 1. The molecule has 0 aliphatic carbocycles. The summed E-state index contributed by atoms with van der Waals surface area (Å²) in [6.45, 7) is 1.66. The molecule has 2 rings (SSSR count). The number of nitrogens with two attached hydrogens (primary N) is 1. The van der Waals surface area contributed by atoms with E-state index in [2.05, 4.69) is 0 Å². The maximum absolute atomic E-state index is 12.3. The molecule has 1 amide bonds. The Morgan fingerprint density at radius 3 is 2.40 bits per heavy atom. The second kappa shape index (κ2) is 5.87. The van der Waals surface area contributed by atoms with Gasteiger partial charge in [0.25, 0.3) is 5.91 Å². The van der Waals surface area contributed by atoms with Crippen LogP contribution in [0.4, 0.5) is 0 Å². The number of morpholine rings is 1. The smallest absolute Gasteiger partial charge is 0.255 e. The number of amides is 1. The lowest BCUT2D eigenvalue weighted by Crippen LogP contribution is -2.40. The van der Waals surface area contributed by atoms with Gasteiger partial charge in [-0.15, -0.1) is 0 Å². The van der Waals surface area contributed by atoms with E-state index in [-0.39, 0.29) is 20.5 Å². The van der Waals surface area contributed by atoms with Gasteiger partial charge in [-0.3, -0.25) is 4.79 Å². The third-order valence-corrected chi connectivity index (χ3v) is 4.55. The van der Waals surface area contributed by atoms with Crippen molar-refractivity contribution in [2.75, 3.05) is 26.3 Å². The van der Waals surface area contributed by atoms with Gasteiger partial charge in [-0.25, -0.2) is 13.6 Å². The number of halogens is 2. The number of carbonyl (C=O) groups is 1. The van der Waals surface area contributed by atoms with Gasteiger partial charge in [0.2, 0.25) is 10.0 Å². The zero-order valence-corrected chi connectivity index (χ0v) is 12.6. The van der Waals surface area contributed by atoms with Crippen LogP contribution in [-0.2, 0) is 14.8 Å². The Morgan fingerprint density at radius 2 is 1.85 bits per heavy atom. The van der Waals surface area contributed by atoms with Gasteiger partial charge in [0.15, 0.2) is 0 Å². The van der Waals surface area contributed by atoms with Crippen molar-refractivity contribution in [1.29, 1.82) is 0 Å². The Hall–Kier alpha value is -0.860. The first-order valence-corrected chi connectivity index (χ1v) is 8.00. The third-order valence-electron chi connectivity index (χ3n) is 2.86. The molecule has 0 unspecified atom stereocenters. The van der Waals surface area contributed by atoms with Crippen molar-refractivity contribution < 1.29 is 17.9 Å². The van der Waals surface area contributed by atoms with Gasteiger partial charge < -0.3 is 9.64 Å². The van der Waals surface area contributed by atoms with Crippen LogP contribution in [0.25, 0.3) is 0 Å². The van der Waals surface area contributed by atoms with Crippen LogP contribution in [0.15, 0.2) is 17.0 Å². The summed E-state index contributed by atoms with van der Waals surface area (Å²) in [4.78, 5) is 13.6. The molecule has 1 saturated heterocycles. The molecule has 9 heteroatoms. The van der Waals surface area contributed by atoms with E-state index in [1.54, 1.807) is 0 Å². The summed E-state index contributed by atoms with van der Waals surface area (Å²) in [7, 11) is -3.97. The topological polar surface area (TPSA) is 89.7 Å². The molecule has 0 atom stereocenters. The Bertz CT molecular complexity index is 642. The second-order valence-corrected chi connectivity index (χ2v) is 6.56. The quantitative estimate of drug-likeness (QED) is 0.874. The first kappa shape index (κ1) is 15.5. The van der Waals surface area contributed by atoms with E-state index >= 15 is 0 Å². The Morgan fingerprint density at radius 1 is 1.25 bits per heavy atom. The molecule has 0 saturated carbocycles. The van der Waals surface area contributed by atoms with Crippen LogP contribution in [0, 0.1) is 0 Å². The highest BCUT2D eigenvalue weighted by molar-refractivity contribution is 7.89. The first-order chi connectivity index (χ1) is 9.30. The van der Waals surface area contributed by atoms with Crippen molar-refractivity contribution in [3.05, 3.63) is 27.7 Å². The summed E-state index contributed by atoms with van der Waals surface area (Å²) in [5.41, 5.74) is 0.0186. The van der Waals surface area contributed by atoms with Gasteiger partial charge in [-0.2, -0.15) is 0 Å². The molecule has 2 N–H and O–H groups in total. The fraction of sp³-hybridized carbons (Fsp3) is 0.364. The van der Waals surface area contributed by atoms with E-state index in [4.69, 9.17) is 33.1 Å². The summed E-state index contributed by atoms with van der Waals surface area (Å²) in [6, 6.07) is 2.26. The molecule has 1 aromatic carbocycles. The predicted octanol–water partition coefficient (Wildman–Crippen LogP) is 1.11. The number of sulfonamides is 1. The second-order valence-electron chi connectivity index (χ2n) is 4.22. The highest BCUT2D eigenvalue weighted by Crippen LogP contribution is 2.30. The van der Waals surface area contributed by atoms with Crippen molar-refractivity contribution in [1.82, 2.24) is 4.90 Å². The minimum absolute atomic E-state index is 0.00978. The van der Waals surface area contributed by atoms with Crippen LogP contribution in [0.5, 0.6) is 0 Å². The van der Waals surface area contributed by atoms with Gasteiger partial charge in [0.1, 0.15) is 0 Å². The summed E-state index contributed by atoms with van der Waals surface area (Å²) in [5.74, 6) is -0.398. The Balaban J connectivity index is 2.44. The fourth-order valence-corrected chi connectivity index (χ4v) is 2.86. The third kappa shape index (κ3) is 3.24. The maximum Gasteiger partial charge on any atom is 0.255 e. The van der Waals surface area contributed by atoms with Crippen molar-refractivity contribution in [3.63, 3.8) is 0 Å². The summed E-state index contributed by atoms with van der Waals surface area (Å²) in [5, 5.41) is 5.03. The van der Waals surface area contributed by atoms with E-state index in [0.717, 1.165) is 12.1 Å². The van der Waals surface area contributed by atoms with Crippen LogP contribution >= 0.6 is 23.2 Å². The molecular weight excluding hydrogens is 327 g/mol. The predicted molar refractivity (Wildman–Crippen MR) is 74.6 cm³/mol. The van der Waals surface area contributed by atoms with Crippen molar-refractivity contribution >= 4 is 39.1 Å². The standard InChI is InChI=1S/C11H12Cl2N2O4S/c12-9-6-7(20(14,17)18)5-8(10(9)13)11(16)15-1-3-19-4-2-15/h5-6H,1-4H2,(H2,14,17,18). The van der Waals surface area contributed by atoms with E-state index < -0.39 is 15.9 Å². The zero-order chi connectivity index (χ0) is 14.9. The summed E-state index contributed by atoms with van der Waals surface area (Å²) >= 11 is 11.8. The van der Waals surface area contributed by atoms with E-state index in [1.165, 1.54) is 4.90 Å². The molecule has 0 spiro atoms. The lowest BCUT2D eigenvalue weighted by atomic mass is 10.2. The minimum Gasteiger partial charge on any atom is -0.378 e. The first-order valence-electron chi connectivity index (χ1n) is 5.69. The molecule has 1 aliphatic heterocycles. The van der Waals surface area contributed by atoms with E-state index in [0.29, 0.717) is 26.3 Å². The molecule has 1 aliphatic rings. The van der Waals surface area contributed by atoms with Crippen molar-refractivity contribution in [2.45, 2.75) is 4.90 Å². The van der Waals surface area contributed by atoms with Gasteiger partial charge in [0.05, 0.1) is 33.7 Å². The van der Waals surface area contributed by atoms with Crippen LogP contribution in [0.2, 0.25) is 10.0 Å². The van der Waals surface area contributed by atoms with Crippen LogP contribution in [0.3, 0.4) is 0 Å². The van der Waals surface area contributed by atoms with Crippen LogP contribution in [-0.4, -0.2) is 45.5 Å². The SMILES string of the molecule is NS(=O)(=O)c1cc(Cl)c(Cl)c(C(=O)N2CCOCC2)c1. The molecule has 20 heavy (non-hydrogen) atoms. The van der Waals surface area contributed by atoms with Crippen molar-refractivity contribution in [3.8, 4) is 0 Å². The van der Waals surface area contributed by atoms with E-state index in [1.807, 2.05) is 0 Å². The number of nitrogens with zero attached hydrogens (tertiary/aromatic N) is 1. The molecule has 0 bridgehead atoms. The maximum atomic E-state index is 12.3. The highest BCUT2D eigenvalue weighted by Gasteiger charge is 2.24. The average Bonchev–Trinajstić information content (AvgIpc) is 2.40. The van der Waals surface area contributed by atoms with Gasteiger partial charge >= 0.3 is 0 Å². The number of hydrogen-bond acceptors (Lipinski definition) is 4.